The zero-order valence-electron chi connectivity index (χ0n) is 16.3. The van der Waals surface area contributed by atoms with Crippen molar-refractivity contribution in [1.29, 1.82) is 0 Å². The molecule has 1 atom stereocenters. The maximum atomic E-state index is 13.5. The highest BCUT2D eigenvalue weighted by molar-refractivity contribution is 6.32. The number of hydrogen-bond acceptors (Lipinski definition) is 3. The summed E-state index contributed by atoms with van der Waals surface area (Å²) in [4.78, 5) is 27.5. The molecule has 0 aromatic heterocycles. The first-order chi connectivity index (χ1) is 14.6. The first-order valence-electron chi connectivity index (χ1n) is 9.71. The molecule has 3 aromatic carbocycles. The molecule has 0 radical (unpaired) electrons. The van der Waals surface area contributed by atoms with Gasteiger partial charge in [-0.2, -0.15) is 0 Å². The smallest absolute Gasteiger partial charge is 0.325 e. The molecule has 0 aliphatic carbocycles. The monoisotopic (exact) mass is 420 g/mol. The van der Waals surface area contributed by atoms with E-state index in [9.17, 15) is 9.59 Å². The normalized spacial score (nSPS) is 18.4. The summed E-state index contributed by atoms with van der Waals surface area (Å²) in [5.41, 5.74) is 0.565. The largest absolute Gasteiger partial charge is 0.490 e. The Morgan fingerprint density at radius 2 is 1.50 bits per heavy atom. The minimum Gasteiger partial charge on any atom is -0.490 e. The molecular formula is C24H21ClN2O3. The summed E-state index contributed by atoms with van der Waals surface area (Å²) in [5, 5.41) is 3.43. The molecule has 1 saturated heterocycles. The van der Waals surface area contributed by atoms with Gasteiger partial charge in [-0.25, -0.2) is 4.79 Å². The lowest BCUT2D eigenvalue weighted by atomic mass is 9.83. The van der Waals surface area contributed by atoms with Gasteiger partial charge in [0, 0.05) is 6.42 Å². The lowest BCUT2D eigenvalue weighted by Gasteiger charge is -2.27. The van der Waals surface area contributed by atoms with Crippen LogP contribution in [0.3, 0.4) is 0 Å². The molecule has 3 amide bonds. The van der Waals surface area contributed by atoms with Gasteiger partial charge < -0.3 is 10.1 Å². The number of rotatable bonds is 7. The maximum Gasteiger partial charge on any atom is 0.325 e. The maximum absolute atomic E-state index is 13.5. The van der Waals surface area contributed by atoms with Crippen LogP contribution in [0, 0.1) is 0 Å². The van der Waals surface area contributed by atoms with E-state index in [0.29, 0.717) is 17.2 Å². The zero-order chi connectivity index (χ0) is 21.0. The van der Waals surface area contributed by atoms with Crippen LogP contribution < -0.4 is 10.1 Å². The molecule has 1 N–H and O–H groups in total. The number of hydrogen-bond donors (Lipinski definition) is 1. The van der Waals surface area contributed by atoms with Crippen LogP contribution in [0.15, 0.2) is 84.9 Å². The van der Waals surface area contributed by atoms with Gasteiger partial charge in [0.2, 0.25) is 0 Å². The molecule has 152 valence electrons. The van der Waals surface area contributed by atoms with Crippen molar-refractivity contribution in [2.45, 2.75) is 12.0 Å². The number of carbonyl (C=O) groups excluding carboxylic acids is 2. The van der Waals surface area contributed by atoms with E-state index in [4.69, 9.17) is 16.3 Å². The van der Waals surface area contributed by atoms with Crippen molar-refractivity contribution in [2.75, 3.05) is 13.2 Å². The molecule has 0 bridgehead atoms. The van der Waals surface area contributed by atoms with Crippen LogP contribution in [0.1, 0.15) is 11.1 Å². The molecule has 30 heavy (non-hydrogen) atoms. The van der Waals surface area contributed by atoms with E-state index in [2.05, 4.69) is 5.32 Å². The van der Waals surface area contributed by atoms with Crippen molar-refractivity contribution in [3.05, 3.63) is 101 Å². The quantitative estimate of drug-likeness (QED) is 0.576. The van der Waals surface area contributed by atoms with Crippen LogP contribution >= 0.6 is 11.6 Å². The van der Waals surface area contributed by atoms with E-state index in [1.54, 1.807) is 12.1 Å². The molecule has 0 unspecified atom stereocenters. The molecule has 4 rings (SSSR count). The van der Waals surface area contributed by atoms with E-state index in [-0.39, 0.29) is 19.1 Å². The summed E-state index contributed by atoms with van der Waals surface area (Å²) in [6.45, 7) is 0.276. The van der Waals surface area contributed by atoms with E-state index in [1.807, 2.05) is 72.8 Å². The van der Waals surface area contributed by atoms with Crippen molar-refractivity contribution in [3.8, 4) is 5.75 Å². The number of amides is 3. The topological polar surface area (TPSA) is 58.6 Å². The van der Waals surface area contributed by atoms with Crippen molar-refractivity contribution in [3.63, 3.8) is 0 Å². The standard InChI is InChI=1S/C24H21ClN2O3/c25-20-13-7-8-14-21(20)30-16-15-27-22(28)24(26-23(27)29,19-11-5-2-6-12-19)17-18-9-3-1-4-10-18/h1-14H,15-17H2,(H,26,29)/t24-/m1/s1. The summed E-state index contributed by atoms with van der Waals surface area (Å²) < 4.78 is 5.68. The predicted molar refractivity (Wildman–Crippen MR) is 115 cm³/mol. The van der Waals surface area contributed by atoms with Crippen LogP contribution in [-0.4, -0.2) is 30.0 Å². The highest BCUT2D eigenvalue weighted by atomic mass is 35.5. The van der Waals surface area contributed by atoms with Gasteiger partial charge in [-0.3, -0.25) is 9.69 Å². The van der Waals surface area contributed by atoms with Gasteiger partial charge in [-0.1, -0.05) is 84.4 Å². The van der Waals surface area contributed by atoms with Crippen molar-refractivity contribution >= 4 is 23.5 Å². The highest BCUT2D eigenvalue weighted by Crippen LogP contribution is 2.33. The number of urea groups is 1. The van der Waals surface area contributed by atoms with Crippen molar-refractivity contribution in [2.24, 2.45) is 0 Å². The van der Waals surface area contributed by atoms with Crippen LogP contribution in [0.5, 0.6) is 5.75 Å². The van der Waals surface area contributed by atoms with E-state index in [1.165, 1.54) is 4.90 Å². The van der Waals surface area contributed by atoms with Crippen molar-refractivity contribution < 1.29 is 14.3 Å². The van der Waals surface area contributed by atoms with E-state index < -0.39 is 11.6 Å². The summed E-state index contributed by atoms with van der Waals surface area (Å²) in [6, 6.07) is 25.7. The number of nitrogens with one attached hydrogen (secondary N) is 1. The molecular weight excluding hydrogens is 400 g/mol. The average molecular weight is 421 g/mol. The SMILES string of the molecule is O=C1N[C@](Cc2ccccc2)(c2ccccc2)C(=O)N1CCOc1ccccc1Cl. The first kappa shape index (κ1) is 20.0. The summed E-state index contributed by atoms with van der Waals surface area (Å²) >= 11 is 6.11. The third-order valence-electron chi connectivity index (χ3n) is 5.16. The molecule has 5 nitrogen and oxygen atoms in total. The minimum atomic E-state index is -1.15. The van der Waals surface area contributed by atoms with Gasteiger partial charge >= 0.3 is 6.03 Å². The second-order valence-electron chi connectivity index (χ2n) is 7.10. The lowest BCUT2D eigenvalue weighted by molar-refractivity contribution is -0.131. The Labute approximate surface area is 180 Å². The molecule has 6 heteroatoms. The molecule has 1 aliphatic rings. The Morgan fingerprint density at radius 1 is 0.867 bits per heavy atom. The molecule has 1 aliphatic heterocycles. The third-order valence-corrected chi connectivity index (χ3v) is 5.48. The minimum absolute atomic E-state index is 0.124. The van der Waals surface area contributed by atoms with Gasteiger partial charge in [0.1, 0.15) is 12.4 Å². The Hall–Kier alpha value is -3.31. The van der Waals surface area contributed by atoms with Crippen molar-refractivity contribution in [1.82, 2.24) is 10.2 Å². The lowest BCUT2D eigenvalue weighted by Crippen LogP contribution is -2.46. The number of imide groups is 1. The summed E-state index contributed by atoms with van der Waals surface area (Å²) in [5.74, 6) is 0.232. The highest BCUT2D eigenvalue weighted by Gasteiger charge is 2.52. The molecule has 0 spiro atoms. The fourth-order valence-electron chi connectivity index (χ4n) is 3.68. The van der Waals surface area contributed by atoms with Crippen LogP contribution in [0.4, 0.5) is 4.79 Å². The average Bonchev–Trinajstić information content (AvgIpc) is 3.01. The molecule has 1 fully saturated rings. The fraction of sp³-hybridized carbons (Fsp3) is 0.167. The second-order valence-corrected chi connectivity index (χ2v) is 7.51. The molecule has 0 saturated carbocycles. The van der Waals surface area contributed by atoms with Gasteiger partial charge in [-0.05, 0) is 23.3 Å². The van der Waals surface area contributed by atoms with Gasteiger partial charge in [0.05, 0.1) is 11.6 Å². The van der Waals surface area contributed by atoms with E-state index in [0.717, 1.165) is 11.1 Å². The molecule has 3 aromatic rings. The predicted octanol–water partition coefficient (Wildman–Crippen LogP) is 4.41. The number of benzene rings is 3. The van der Waals surface area contributed by atoms with Crippen LogP contribution in [0.2, 0.25) is 5.02 Å². The Balaban J connectivity index is 1.57. The third kappa shape index (κ3) is 3.89. The Kier molecular flexibility index (Phi) is 5.72. The van der Waals surface area contributed by atoms with Gasteiger partial charge in [0.25, 0.3) is 5.91 Å². The zero-order valence-corrected chi connectivity index (χ0v) is 17.0. The van der Waals surface area contributed by atoms with E-state index >= 15 is 0 Å². The number of nitrogens with zero attached hydrogens (tertiary/aromatic N) is 1. The summed E-state index contributed by atoms with van der Waals surface area (Å²) in [6.07, 6.45) is 0.365. The summed E-state index contributed by atoms with van der Waals surface area (Å²) in [7, 11) is 0. The number of carbonyl (C=O) groups is 2. The first-order valence-corrected chi connectivity index (χ1v) is 10.1. The fourth-order valence-corrected chi connectivity index (χ4v) is 3.87. The number of halogens is 1. The number of para-hydroxylation sites is 1. The number of ether oxygens (including phenoxy) is 1. The molecule has 1 heterocycles. The van der Waals surface area contributed by atoms with Crippen LogP contribution in [0.25, 0.3) is 0 Å². The van der Waals surface area contributed by atoms with Crippen LogP contribution in [-0.2, 0) is 16.8 Å². The van der Waals surface area contributed by atoms with Gasteiger partial charge in [-0.15, -0.1) is 0 Å². The Bertz CT molecular complexity index is 1040. The van der Waals surface area contributed by atoms with Gasteiger partial charge in [0.15, 0.2) is 5.54 Å². The Morgan fingerprint density at radius 3 is 2.20 bits per heavy atom. The second kappa shape index (κ2) is 8.59.